The van der Waals surface area contributed by atoms with E-state index in [-0.39, 0.29) is 12.2 Å². The number of hydrogen-bond acceptors (Lipinski definition) is 3. The van der Waals surface area contributed by atoms with Crippen molar-refractivity contribution < 1.29 is 14.3 Å². The van der Waals surface area contributed by atoms with Crippen molar-refractivity contribution in [2.24, 2.45) is 0 Å². The van der Waals surface area contributed by atoms with Crippen LogP contribution in [0.25, 0.3) is 0 Å². The molecule has 10 heavy (non-hydrogen) atoms. The van der Waals surface area contributed by atoms with Gasteiger partial charge >= 0.3 is 5.97 Å². The molecule has 0 bridgehead atoms. The van der Waals surface area contributed by atoms with Gasteiger partial charge in [-0.2, -0.15) is 0 Å². The summed E-state index contributed by atoms with van der Waals surface area (Å²) in [6.07, 6.45) is -0.108. The molecule has 0 N–H and O–H groups in total. The van der Waals surface area contributed by atoms with Crippen molar-refractivity contribution in [1.29, 1.82) is 0 Å². The molecule has 3 nitrogen and oxygen atoms in total. The van der Waals surface area contributed by atoms with E-state index in [1.54, 1.807) is 13.8 Å². The van der Waals surface area contributed by atoms with Crippen molar-refractivity contribution in [3.8, 4) is 0 Å². The highest BCUT2D eigenvalue weighted by atomic mass is 16.5. The quantitative estimate of drug-likeness (QED) is 0.369. The van der Waals surface area contributed by atoms with Crippen molar-refractivity contribution in [2.45, 2.75) is 20.3 Å². The second-order valence-electron chi connectivity index (χ2n) is 2.26. The van der Waals surface area contributed by atoms with Crippen LogP contribution in [0.15, 0.2) is 11.3 Å². The number of allylic oxidation sites excluding steroid dienone is 2. The Bertz CT molecular complexity index is 225. The highest BCUT2D eigenvalue weighted by molar-refractivity contribution is 6.07. The van der Waals surface area contributed by atoms with E-state index in [9.17, 15) is 9.59 Å². The first-order chi connectivity index (χ1) is 4.61. The molecule has 0 saturated carbocycles. The first-order valence-electron chi connectivity index (χ1n) is 3.02. The second kappa shape index (κ2) is 2.25. The molecule has 1 rings (SSSR count). The molecule has 0 amide bonds. The Balaban J connectivity index is 2.95. The molecule has 1 aliphatic rings. The summed E-state index contributed by atoms with van der Waals surface area (Å²) in [6.45, 7) is 3.27. The monoisotopic (exact) mass is 140 g/mol. The lowest BCUT2D eigenvalue weighted by Gasteiger charge is -2.12. The van der Waals surface area contributed by atoms with Crippen LogP contribution in [0.2, 0.25) is 0 Å². The van der Waals surface area contributed by atoms with Gasteiger partial charge in [-0.25, -0.2) is 0 Å². The summed E-state index contributed by atoms with van der Waals surface area (Å²) in [5.41, 5.74) is 0.555. The van der Waals surface area contributed by atoms with E-state index >= 15 is 0 Å². The van der Waals surface area contributed by atoms with Gasteiger partial charge in [0.1, 0.15) is 12.2 Å². The van der Waals surface area contributed by atoms with Crippen LogP contribution < -0.4 is 0 Å². The summed E-state index contributed by atoms with van der Waals surface area (Å²) in [5, 5.41) is 0. The smallest absolute Gasteiger partial charge is 0.318 e. The predicted molar refractivity (Wildman–Crippen MR) is 34.1 cm³/mol. The van der Waals surface area contributed by atoms with Gasteiger partial charge in [0, 0.05) is 5.57 Å². The highest BCUT2D eigenvalue weighted by Crippen LogP contribution is 2.14. The number of carbonyl (C=O) groups is 2. The first-order valence-corrected chi connectivity index (χ1v) is 3.02. The summed E-state index contributed by atoms with van der Waals surface area (Å²) < 4.78 is 4.69. The highest BCUT2D eigenvalue weighted by Gasteiger charge is 2.21. The average Bonchev–Trinajstić information content (AvgIpc) is 1.82. The zero-order chi connectivity index (χ0) is 7.72. The molecule has 0 saturated heterocycles. The lowest BCUT2D eigenvalue weighted by molar-refractivity contribution is -0.143. The molecule has 0 unspecified atom stereocenters. The minimum atomic E-state index is -0.451. The van der Waals surface area contributed by atoms with Crippen LogP contribution in [-0.2, 0) is 14.3 Å². The second-order valence-corrected chi connectivity index (χ2v) is 2.26. The fourth-order valence-electron chi connectivity index (χ4n) is 0.743. The van der Waals surface area contributed by atoms with Crippen LogP contribution in [0.5, 0.6) is 0 Å². The number of ether oxygens (including phenoxy) is 1. The van der Waals surface area contributed by atoms with Crippen molar-refractivity contribution in [3.05, 3.63) is 11.3 Å². The maximum absolute atomic E-state index is 10.9. The molecule has 0 aromatic rings. The van der Waals surface area contributed by atoms with Gasteiger partial charge < -0.3 is 4.74 Å². The Labute approximate surface area is 58.7 Å². The number of cyclic esters (lactones) is 1. The molecule has 0 spiro atoms. The number of Topliss-reactive ketones (excluding diaryl/α,β-unsaturated/α-hetero) is 1. The number of ketones is 1. The molecule has 1 heterocycles. The van der Waals surface area contributed by atoms with Gasteiger partial charge in [0.25, 0.3) is 0 Å². The molecule has 0 fully saturated rings. The van der Waals surface area contributed by atoms with Crippen LogP contribution in [0.4, 0.5) is 0 Å². The molecule has 0 atom stereocenters. The number of hydrogen-bond donors (Lipinski definition) is 0. The fraction of sp³-hybridized carbons (Fsp3) is 0.429. The van der Waals surface area contributed by atoms with Gasteiger partial charge in [0.05, 0.1) is 0 Å². The van der Waals surface area contributed by atoms with Crippen LogP contribution in [0, 0.1) is 0 Å². The first kappa shape index (κ1) is 6.99. The average molecular weight is 140 g/mol. The molecule has 0 aliphatic carbocycles. The Kier molecular flexibility index (Phi) is 1.57. The summed E-state index contributed by atoms with van der Waals surface area (Å²) in [4.78, 5) is 21.4. The summed E-state index contributed by atoms with van der Waals surface area (Å²) in [7, 11) is 0. The Morgan fingerprint density at radius 3 is 2.40 bits per heavy atom. The lowest BCUT2D eigenvalue weighted by Crippen LogP contribution is -2.18. The maximum Gasteiger partial charge on any atom is 0.318 e. The van der Waals surface area contributed by atoms with Crippen molar-refractivity contribution in [3.63, 3.8) is 0 Å². The van der Waals surface area contributed by atoms with Gasteiger partial charge in [0.15, 0.2) is 5.78 Å². The third kappa shape index (κ3) is 1.07. The van der Waals surface area contributed by atoms with Crippen molar-refractivity contribution in [2.75, 3.05) is 0 Å². The maximum atomic E-state index is 10.9. The molecule has 0 aromatic carbocycles. The van der Waals surface area contributed by atoms with Crippen molar-refractivity contribution in [1.82, 2.24) is 0 Å². The molecule has 3 heteroatoms. The van der Waals surface area contributed by atoms with E-state index in [1.807, 2.05) is 0 Å². The van der Waals surface area contributed by atoms with E-state index in [0.29, 0.717) is 11.3 Å². The van der Waals surface area contributed by atoms with Gasteiger partial charge in [-0.1, -0.05) is 0 Å². The SMILES string of the molecule is CC1=C(C)C(=O)CC(=O)O1. The fourth-order valence-corrected chi connectivity index (χ4v) is 0.743. The van der Waals surface area contributed by atoms with E-state index in [0.717, 1.165) is 0 Å². The minimum Gasteiger partial charge on any atom is -0.431 e. The molecule has 1 aliphatic heterocycles. The van der Waals surface area contributed by atoms with E-state index < -0.39 is 5.97 Å². The summed E-state index contributed by atoms with van der Waals surface area (Å²) in [5.74, 6) is -0.150. The van der Waals surface area contributed by atoms with Gasteiger partial charge in [-0.05, 0) is 13.8 Å². The zero-order valence-corrected chi connectivity index (χ0v) is 5.93. The third-order valence-electron chi connectivity index (χ3n) is 1.52. The third-order valence-corrected chi connectivity index (χ3v) is 1.52. The lowest BCUT2D eigenvalue weighted by atomic mass is 10.1. The molecular weight excluding hydrogens is 132 g/mol. The van der Waals surface area contributed by atoms with Crippen LogP contribution in [0.1, 0.15) is 20.3 Å². The topological polar surface area (TPSA) is 43.4 Å². The van der Waals surface area contributed by atoms with Gasteiger partial charge in [0.2, 0.25) is 0 Å². The normalized spacial score (nSPS) is 19.4. The van der Waals surface area contributed by atoms with Crippen LogP contribution >= 0.6 is 0 Å². The minimum absolute atomic E-state index is 0.108. The standard InChI is InChI=1S/C7H8O3/c1-4-5(2)10-7(9)3-6(4)8/h3H2,1-2H3. The number of carbonyl (C=O) groups excluding carboxylic acids is 2. The zero-order valence-electron chi connectivity index (χ0n) is 5.93. The Morgan fingerprint density at radius 1 is 1.30 bits per heavy atom. The molecule has 54 valence electrons. The summed E-state index contributed by atoms with van der Waals surface area (Å²) in [6, 6.07) is 0. The number of esters is 1. The molecular formula is C7H8O3. The Morgan fingerprint density at radius 2 is 1.90 bits per heavy atom. The van der Waals surface area contributed by atoms with Crippen LogP contribution in [0.3, 0.4) is 0 Å². The summed E-state index contributed by atoms with van der Waals surface area (Å²) >= 11 is 0. The Hall–Kier alpha value is -1.12. The van der Waals surface area contributed by atoms with E-state index in [4.69, 9.17) is 0 Å². The predicted octanol–water partition coefficient (Wildman–Crippen LogP) is 0.796. The molecule has 0 radical (unpaired) electrons. The van der Waals surface area contributed by atoms with Gasteiger partial charge in [-0.3, -0.25) is 9.59 Å². The van der Waals surface area contributed by atoms with Gasteiger partial charge in [-0.15, -0.1) is 0 Å². The largest absolute Gasteiger partial charge is 0.431 e. The van der Waals surface area contributed by atoms with Crippen LogP contribution in [-0.4, -0.2) is 11.8 Å². The van der Waals surface area contributed by atoms with E-state index in [2.05, 4.69) is 4.74 Å². The van der Waals surface area contributed by atoms with E-state index in [1.165, 1.54) is 0 Å². The molecule has 0 aromatic heterocycles. The van der Waals surface area contributed by atoms with Crippen molar-refractivity contribution >= 4 is 11.8 Å². The number of rotatable bonds is 0.